The molecule has 0 unspecified atom stereocenters. The molecule has 1 fully saturated rings. The lowest BCUT2D eigenvalue weighted by molar-refractivity contribution is -0.143. The number of carbonyl (C=O) groups is 2. The van der Waals surface area contributed by atoms with Crippen LogP contribution in [0.5, 0.6) is 0 Å². The Morgan fingerprint density at radius 1 is 1.35 bits per heavy atom. The van der Waals surface area contributed by atoms with Crippen LogP contribution in [0.25, 0.3) is 5.82 Å². The Balaban J connectivity index is 1.68. The molecule has 7 heteroatoms. The maximum absolute atomic E-state index is 12.1. The average molecular weight is 314 g/mol. The summed E-state index contributed by atoms with van der Waals surface area (Å²) >= 11 is 0. The zero-order valence-corrected chi connectivity index (χ0v) is 13.0. The molecule has 0 atom stereocenters. The summed E-state index contributed by atoms with van der Waals surface area (Å²) in [6, 6.07) is 5.33. The molecule has 120 valence electrons. The van der Waals surface area contributed by atoms with Crippen molar-refractivity contribution in [3.05, 3.63) is 41.3 Å². The van der Waals surface area contributed by atoms with Crippen molar-refractivity contribution in [3.63, 3.8) is 0 Å². The number of pyridine rings is 1. The maximum atomic E-state index is 12.1. The molecular formula is C16H18N4O3. The van der Waals surface area contributed by atoms with Crippen molar-refractivity contribution in [1.29, 1.82) is 0 Å². The van der Waals surface area contributed by atoms with Crippen LogP contribution in [0.1, 0.15) is 34.6 Å². The van der Waals surface area contributed by atoms with Gasteiger partial charge in [0, 0.05) is 18.4 Å². The SMILES string of the molecule is Cc1cc(C)n(-c2ccc(C(=O)NCC3(C(=O)O)CC3)cn2)n1. The fourth-order valence-electron chi connectivity index (χ4n) is 2.48. The molecule has 1 saturated carbocycles. The summed E-state index contributed by atoms with van der Waals surface area (Å²) in [7, 11) is 0. The first-order valence-corrected chi connectivity index (χ1v) is 7.43. The van der Waals surface area contributed by atoms with Gasteiger partial charge in [0.2, 0.25) is 0 Å². The van der Waals surface area contributed by atoms with Crippen LogP contribution in [0, 0.1) is 19.3 Å². The number of carboxylic acid groups (broad SMARTS) is 1. The van der Waals surface area contributed by atoms with Gasteiger partial charge in [-0.2, -0.15) is 5.10 Å². The fourth-order valence-corrected chi connectivity index (χ4v) is 2.48. The quantitative estimate of drug-likeness (QED) is 0.871. The molecule has 2 N–H and O–H groups in total. The molecule has 3 rings (SSSR count). The van der Waals surface area contributed by atoms with Gasteiger partial charge in [-0.15, -0.1) is 0 Å². The summed E-state index contributed by atoms with van der Waals surface area (Å²) in [4.78, 5) is 27.5. The first-order valence-electron chi connectivity index (χ1n) is 7.43. The van der Waals surface area contributed by atoms with Gasteiger partial charge in [0.25, 0.3) is 5.91 Å². The summed E-state index contributed by atoms with van der Waals surface area (Å²) in [6.07, 6.45) is 2.69. The molecule has 0 aliphatic heterocycles. The van der Waals surface area contributed by atoms with E-state index in [9.17, 15) is 9.59 Å². The number of carboxylic acids is 1. The highest BCUT2D eigenvalue weighted by Crippen LogP contribution is 2.45. The van der Waals surface area contributed by atoms with Crippen molar-refractivity contribution in [2.75, 3.05) is 6.54 Å². The Hall–Kier alpha value is -2.70. The van der Waals surface area contributed by atoms with E-state index in [1.165, 1.54) is 6.20 Å². The number of aryl methyl sites for hydroxylation is 2. The molecule has 1 aliphatic carbocycles. The van der Waals surface area contributed by atoms with Gasteiger partial charge in [-0.1, -0.05) is 0 Å². The highest BCUT2D eigenvalue weighted by molar-refractivity contribution is 5.94. The third-order valence-corrected chi connectivity index (χ3v) is 4.13. The minimum atomic E-state index is -0.851. The lowest BCUT2D eigenvalue weighted by Gasteiger charge is -2.11. The molecule has 0 radical (unpaired) electrons. The van der Waals surface area contributed by atoms with Gasteiger partial charge >= 0.3 is 5.97 Å². The number of hydrogen-bond acceptors (Lipinski definition) is 4. The van der Waals surface area contributed by atoms with Crippen LogP contribution >= 0.6 is 0 Å². The molecule has 23 heavy (non-hydrogen) atoms. The van der Waals surface area contributed by atoms with Gasteiger partial charge in [-0.3, -0.25) is 9.59 Å². The maximum Gasteiger partial charge on any atom is 0.311 e. The van der Waals surface area contributed by atoms with Crippen LogP contribution in [0.2, 0.25) is 0 Å². The molecule has 2 aromatic heterocycles. The number of aliphatic carboxylic acids is 1. The monoisotopic (exact) mass is 314 g/mol. The van der Waals surface area contributed by atoms with Gasteiger partial charge in [-0.05, 0) is 44.9 Å². The van der Waals surface area contributed by atoms with Crippen molar-refractivity contribution in [2.45, 2.75) is 26.7 Å². The Morgan fingerprint density at radius 2 is 2.09 bits per heavy atom. The van der Waals surface area contributed by atoms with Gasteiger partial charge in [-0.25, -0.2) is 9.67 Å². The van der Waals surface area contributed by atoms with Gasteiger partial charge in [0.15, 0.2) is 5.82 Å². The van der Waals surface area contributed by atoms with Crippen LogP contribution < -0.4 is 5.32 Å². The molecule has 0 spiro atoms. The zero-order chi connectivity index (χ0) is 16.6. The molecule has 2 heterocycles. The second kappa shape index (κ2) is 5.49. The minimum Gasteiger partial charge on any atom is -0.481 e. The van der Waals surface area contributed by atoms with E-state index in [0.717, 1.165) is 11.4 Å². The van der Waals surface area contributed by atoms with Crippen LogP contribution in [-0.2, 0) is 4.79 Å². The van der Waals surface area contributed by atoms with Gasteiger partial charge in [0.1, 0.15) is 0 Å². The van der Waals surface area contributed by atoms with E-state index >= 15 is 0 Å². The summed E-state index contributed by atoms with van der Waals surface area (Å²) in [5, 5.41) is 16.1. The lowest BCUT2D eigenvalue weighted by atomic mass is 10.1. The normalized spacial score (nSPS) is 15.2. The minimum absolute atomic E-state index is 0.153. The predicted octanol–water partition coefficient (Wildman–Crippen LogP) is 1.48. The van der Waals surface area contributed by atoms with E-state index in [-0.39, 0.29) is 12.5 Å². The molecule has 0 saturated heterocycles. The second-order valence-electron chi connectivity index (χ2n) is 6.01. The van der Waals surface area contributed by atoms with Gasteiger partial charge < -0.3 is 10.4 Å². The number of nitrogens with one attached hydrogen (secondary N) is 1. The van der Waals surface area contributed by atoms with Crippen molar-refractivity contribution in [1.82, 2.24) is 20.1 Å². The number of carbonyl (C=O) groups excluding carboxylic acids is 1. The lowest BCUT2D eigenvalue weighted by Crippen LogP contribution is -2.34. The smallest absolute Gasteiger partial charge is 0.311 e. The highest BCUT2D eigenvalue weighted by atomic mass is 16.4. The first-order chi connectivity index (χ1) is 10.9. The van der Waals surface area contributed by atoms with Crippen LogP contribution in [-0.4, -0.2) is 38.3 Å². The molecule has 2 aromatic rings. The van der Waals surface area contributed by atoms with Gasteiger partial charge in [0.05, 0.1) is 16.7 Å². The van der Waals surface area contributed by atoms with E-state index in [1.807, 2.05) is 19.9 Å². The van der Waals surface area contributed by atoms with Crippen molar-refractivity contribution < 1.29 is 14.7 Å². The van der Waals surface area contributed by atoms with E-state index in [1.54, 1.807) is 16.8 Å². The van der Waals surface area contributed by atoms with E-state index in [4.69, 9.17) is 5.11 Å². The van der Waals surface area contributed by atoms with E-state index in [2.05, 4.69) is 15.4 Å². The van der Waals surface area contributed by atoms with Crippen molar-refractivity contribution >= 4 is 11.9 Å². The zero-order valence-electron chi connectivity index (χ0n) is 13.0. The molecule has 0 aromatic carbocycles. The summed E-state index contributed by atoms with van der Waals surface area (Å²) in [6.45, 7) is 3.99. The Labute approximate surface area is 133 Å². The number of rotatable bonds is 5. The largest absolute Gasteiger partial charge is 0.481 e. The topological polar surface area (TPSA) is 97.1 Å². The standard InChI is InChI=1S/C16H18N4O3/c1-10-7-11(2)20(19-10)13-4-3-12(8-17-13)14(21)18-9-16(5-6-16)15(22)23/h3-4,7-8H,5-6,9H2,1-2H3,(H,18,21)(H,22,23). The summed E-state index contributed by atoms with van der Waals surface area (Å²) in [5.41, 5.74) is 1.49. The van der Waals surface area contributed by atoms with E-state index in [0.29, 0.717) is 24.2 Å². The third kappa shape index (κ3) is 2.94. The second-order valence-corrected chi connectivity index (χ2v) is 6.01. The number of hydrogen-bond donors (Lipinski definition) is 2. The Bertz CT molecular complexity index is 760. The van der Waals surface area contributed by atoms with Crippen molar-refractivity contribution in [2.24, 2.45) is 5.41 Å². The average Bonchev–Trinajstić information content (AvgIpc) is 3.25. The molecule has 7 nitrogen and oxygen atoms in total. The van der Waals surface area contributed by atoms with Crippen molar-refractivity contribution in [3.8, 4) is 5.82 Å². The third-order valence-electron chi connectivity index (χ3n) is 4.13. The highest BCUT2D eigenvalue weighted by Gasteiger charge is 2.50. The first kappa shape index (κ1) is 15.2. The van der Waals surface area contributed by atoms with Crippen LogP contribution in [0.3, 0.4) is 0 Å². The molecule has 1 amide bonds. The summed E-state index contributed by atoms with van der Waals surface area (Å²) < 4.78 is 1.71. The number of nitrogens with zero attached hydrogens (tertiary/aromatic N) is 3. The molecule has 0 bridgehead atoms. The molecule has 1 aliphatic rings. The summed E-state index contributed by atoms with van der Waals surface area (Å²) in [5.74, 6) is -0.530. The van der Waals surface area contributed by atoms with Crippen LogP contribution in [0.15, 0.2) is 24.4 Å². The predicted molar refractivity (Wildman–Crippen MR) is 82.5 cm³/mol. The van der Waals surface area contributed by atoms with Crippen LogP contribution in [0.4, 0.5) is 0 Å². The number of aromatic nitrogens is 3. The molecular weight excluding hydrogens is 296 g/mol. The number of amides is 1. The fraction of sp³-hybridized carbons (Fsp3) is 0.375. The Kier molecular flexibility index (Phi) is 3.63. The van der Waals surface area contributed by atoms with E-state index < -0.39 is 11.4 Å². The Morgan fingerprint density at radius 3 is 2.57 bits per heavy atom.